The average molecular weight is 240 g/mol. The van der Waals surface area contributed by atoms with Crippen molar-refractivity contribution in [3.8, 4) is 0 Å². The van der Waals surface area contributed by atoms with Crippen LogP contribution in [-0.4, -0.2) is 4.98 Å². The molecule has 0 aromatic carbocycles. The third-order valence-corrected chi connectivity index (χ3v) is 2.50. The first kappa shape index (κ1) is 12.4. The van der Waals surface area contributed by atoms with E-state index in [-0.39, 0.29) is 63.6 Å². The summed E-state index contributed by atoms with van der Waals surface area (Å²) in [5.74, 6) is 0. The summed E-state index contributed by atoms with van der Waals surface area (Å²) in [7, 11) is 0. The molecule has 0 saturated heterocycles. The Kier molecular flexibility index (Phi) is 5.21. The molecule has 1 heterocycles. The normalized spacial score (nSPS) is 10.9. The van der Waals surface area contributed by atoms with Gasteiger partial charge in [-0.3, -0.25) is 0 Å². The van der Waals surface area contributed by atoms with E-state index in [9.17, 15) is 0 Å². The summed E-state index contributed by atoms with van der Waals surface area (Å²) in [6.07, 6.45) is 0. The Morgan fingerprint density at radius 1 is 1.36 bits per heavy atom. The molecule has 0 fully saturated rings. The van der Waals surface area contributed by atoms with Crippen molar-refractivity contribution in [3.05, 3.63) is 16.1 Å². The minimum absolute atomic E-state index is 0. The zero-order chi connectivity index (χ0) is 7.78. The van der Waals surface area contributed by atoms with Gasteiger partial charge in [0, 0.05) is 0 Å². The second-order valence-electron chi connectivity index (χ2n) is 3.46. The maximum Gasteiger partial charge on any atom is 1.00 e. The molecule has 0 bridgehead atoms. The van der Waals surface area contributed by atoms with Gasteiger partial charge < -0.3 is 16.3 Å². The van der Waals surface area contributed by atoms with Gasteiger partial charge in [-0.15, -0.1) is 0 Å². The summed E-state index contributed by atoms with van der Waals surface area (Å²) < 4.78 is 0. The zero-order valence-electron chi connectivity index (χ0n) is 7.86. The first-order valence-electron chi connectivity index (χ1n) is 3.36. The number of aromatic nitrogens is 1. The van der Waals surface area contributed by atoms with Crippen LogP contribution in [0.25, 0.3) is 0 Å². The Labute approximate surface area is 121 Å². The molecule has 11 heavy (non-hydrogen) atoms. The van der Waals surface area contributed by atoms with Crippen molar-refractivity contribution in [1.29, 1.82) is 0 Å². The fourth-order valence-corrected chi connectivity index (χ4v) is 1.42. The summed E-state index contributed by atoms with van der Waals surface area (Å²) in [6.45, 7) is 8.48. The smallest absolute Gasteiger partial charge is 0.361 e. The van der Waals surface area contributed by atoms with Crippen molar-refractivity contribution < 1.29 is 58.2 Å². The fraction of sp³-hybridized carbons (Fsp3) is 0.625. The van der Waals surface area contributed by atoms with Gasteiger partial charge >= 0.3 is 58.2 Å². The van der Waals surface area contributed by atoms with Crippen LogP contribution in [0.5, 0.6) is 0 Å². The second-order valence-corrected chi connectivity index (χ2v) is 4.25. The van der Waals surface area contributed by atoms with Crippen LogP contribution >= 0.6 is 11.3 Å². The number of rotatable bonds is 0. The molecule has 0 saturated carbocycles. The van der Waals surface area contributed by atoms with Gasteiger partial charge in [0.05, 0.1) is 0 Å². The maximum atomic E-state index is 4.34. The van der Waals surface area contributed by atoms with Crippen LogP contribution in [0.3, 0.4) is 0 Å². The molecular weight excluding hydrogens is 228 g/mol. The van der Waals surface area contributed by atoms with Crippen LogP contribution in [0.4, 0.5) is 0 Å². The van der Waals surface area contributed by atoms with Crippen LogP contribution in [0.1, 0.15) is 31.5 Å². The standard InChI is InChI=1S/C8H12NS.Rb/c1-6-5-10-7(9-6)8(2,3)4;/h1-4H3;/q-1;+1. The molecular formula is C8H12NRbS. The molecule has 0 aliphatic heterocycles. The van der Waals surface area contributed by atoms with Gasteiger partial charge in [0.15, 0.2) is 0 Å². The quantitative estimate of drug-likeness (QED) is 0.559. The van der Waals surface area contributed by atoms with Crippen LogP contribution in [0, 0.1) is 12.3 Å². The molecule has 0 radical (unpaired) electrons. The number of nitrogens with zero attached hydrogens (tertiary/aromatic N) is 1. The van der Waals surface area contributed by atoms with Gasteiger partial charge in [-0.25, -0.2) is 0 Å². The van der Waals surface area contributed by atoms with Crippen molar-refractivity contribution in [3.63, 3.8) is 0 Å². The summed E-state index contributed by atoms with van der Waals surface area (Å²) in [5.41, 5.74) is 1.20. The first-order valence-corrected chi connectivity index (χ1v) is 4.17. The third kappa shape index (κ3) is 3.77. The number of hydrogen-bond donors (Lipinski definition) is 0. The van der Waals surface area contributed by atoms with E-state index in [1.54, 1.807) is 11.3 Å². The van der Waals surface area contributed by atoms with E-state index in [1.807, 2.05) is 6.92 Å². The maximum absolute atomic E-state index is 4.34. The summed E-state index contributed by atoms with van der Waals surface area (Å²) >= 11 is 1.62. The topological polar surface area (TPSA) is 12.9 Å². The number of aryl methyl sites for hydroxylation is 1. The van der Waals surface area contributed by atoms with Crippen LogP contribution < -0.4 is 58.2 Å². The van der Waals surface area contributed by atoms with Crippen molar-refractivity contribution in [2.75, 3.05) is 0 Å². The molecule has 56 valence electrons. The van der Waals surface area contributed by atoms with Crippen LogP contribution in [-0.2, 0) is 5.41 Å². The predicted octanol–water partition coefficient (Wildman–Crippen LogP) is -0.447. The van der Waals surface area contributed by atoms with Crippen molar-refractivity contribution >= 4 is 11.3 Å². The van der Waals surface area contributed by atoms with E-state index in [0.29, 0.717) is 0 Å². The first-order chi connectivity index (χ1) is 4.50. The van der Waals surface area contributed by atoms with Gasteiger partial charge in [-0.1, -0.05) is 36.9 Å². The van der Waals surface area contributed by atoms with Crippen molar-refractivity contribution in [1.82, 2.24) is 4.98 Å². The molecule has 0 aliphatic carbocycles. The molecule has 0 atom stereocenters. The molecule has 0 N–H and O–H groups in total. The Balaban J connectivity index is 0.000001000. The van der Waals surface area contributed by atoms with E-state index in [1.165, 1.54) is 5.01 Å². The van der Waals surface area contributed by atoms with Crippen LogP contribution in [0.15, 0.2) is 0 Å². The van der Waals surface area contributed by atoms with E-state index >= 15 is 0 Å². The van der Waals surface area contributed by atoms with Crippen LogP contribution in [0.2, 0.25) is 0 Å². The molecule has 1 nitrogen and oxygen atoms in total. The molecule has 1 aromatic rings. The SMILES string of the molecule is Cc1[c-]sc(C(C)(C)C)n1.[Rb+]. The minimum Gasteiger partial charge on any atom is -0.361 e. The van der Waals surface area contributed by atoms with Gasteiger partial charge in [-0.05, 0) is 6.92 Å². The van der Waals surface area contributed by atoms with E-state index in [2.05, 4.69) is 31.1 Å². The molecule has 0 unspecified atom stereocenters. The Morgan fingerprint density at radius 3 is 2.09 bits per heavy atom. The largest absolute Gasteiger partial charge is 1.00 e. The fourth-order valence-electron chi connectivity index (χ4n) is 0.641. The van der Waals surface area contributed by atoms with Crippen molar-refractivity contribution in [2.45, 2.75) is 33.1 Å². The molecule has 3 heteroatoms. The second kappa shape index (κ2) is 4.61. The minimum atomic E-state index is 0. The molecule has 1 rings (SSSR count). The molecule has 1 aromatic heterocycles. The monoisotopic (exact) mass is 239 g/mol. The molecule has 0 aliphatic rings. The number of hydrogen-bond acceptors (Lipinski definition) is 2. The summed E-state index contributed by atoms with van der Waals surface area (Å²) in [4.78, 5) is 4.34. The van der Waals surface area contributed by atoms with Gasteiger partial charge in [0.1, 0.15) is 0 Å². The summed E-state index contributed by atoms with van der Waals surface area (Å²) in [5, 5.41) is 4.28. The molecule has 0 amide bonds. The third-order valence-electron chi connectivity index (χ3n) is 1.21. The Bertz CT molecular complexity index is 224. The Morgan fingerprint density at radius 2 is 1.91 bits per heavy atom. The zero-order valence-corrected chi connectivity index (χ0v) is 13.6. The Hall–Kier alpha value is 1.44. The van der Waals surface area contributed by atoms with Gasteiger partial charge in [0.25, 0.3) is 0 Å². The van der Waals surface area contributed by atoms with Gasteiger partial charge in [0.2, 0.25) is 0 Å². The summed E-state index contributed by atoms with van der Waals surface area (Å²) in [6, 6.07) is 0. The van der Waals surface area contributed by atoms with E-state index < -0.39 is 0 Å². The molecule has 0 spiro atoms. The average Bonchev–Trinajstić information content (AvgIpc) is 2.11. The number of thiazole rings is 1. The predicted molar refractivity (Wildman–Crippen MR) is 44.4 cm³/mol. The van der Waals surface area contributed by atoms with E-state index in [0.717, 1.165) is 5.69 Å². The van der Waals surface area contributed by atoms with Gasteiger partial charge in [-0.2, -0.15) is 5.38 Å². The van der Waals surface area contributed by atoms with E-state index in [4.69, 9.17) is 0 Å². The van der Waals surface area contributed by atoms with Crippen molar-refractivity contribution in [2.24, 2.45) is 0 Å².